The number of aryl methyl sites for hydroxylation is 2. The molecule has 39 heavy (non-hydrogen) atoms. The molecular formula is C33H34Cl2FNO2. The van der Waals surface area contributed by atoms with E-state index in [0.29, 0.717) is 27.9 Å². The summed E-state index contributed by atoms with van der Waals surface area (Å²) in [6.45, 7) is 4.63. The van der Waals surface area contributed by atoms with Crippen molar-refractivity contribution >= 4 is 40.3 Å². The van der Waals surface area contributed by atoms with E-state index in [1.807, 2.05) is 25.1 Å². The molecule has 1 unspecified atom stereocenters. The van der Waals surface area contributed by atoms with Gasteiger partial charge in [-0.3, -0.25) is 4.39 Å². The fourth-order valence-electron chi connectivity index (χ4n) is 6.35. The molecular weight excluding hydrogens is 532 g/mol. The molecule has 0 radical (unpaired) electrons. The van der Waals surface area contributed by atoms with Gasteiger partial charge < -0.3 is 10.0 Å². The predicted molar refractivity (Wildman–Crippen MR) is 159 cm³/mol. The number of alkyl halides is 1. The van der Waals surface area contributed by atoms with E-state index < -0.39 is 5.97 Å². The van der Waals surface area contributed by atoms with Crippen molar-refractivity contribution in [1.82, 2.24) is 4.90 Å². The van der Waals surface area contributed by atoms with Crippen molar-refractivity contribution in [3.63, 3.8) is 0 Å². The molecule has 3 nitrogen and oxygen atoms in total. The van der Waals surface area contributed by atoms with Gasteiger partial charge in [0.05, 0.1) is 12.2 Å². The minimum Gasteiger partial charge on any atom is -0.478 e. The van der Waals surface area contributed by atoms with E-state index in [1.54, 1.807) is 12.1 Å². The molecule has 3 aromatic carbocycles. The molecule has 1 N–H and O–H groups in total. The van der Waals surface area contributed by atoms with Crippen molar-refractivity contribution in [3.05, 3.63) is 104 Å². The third-order valence-corrected chi connectivity index (χ3v) is 8.61. The van der Waals surface area contributed by atoms with Crippen molar-refractivity contribution in [2.24, 2.45) is 5.92 Å². The Hall–Kier alpha value is -2.66. The van der Waals surface area contributed by atoms with Crippen LogP contribution in [0.1, 0.15) is 69.4 Å². The molecule has 3 aromatic rings. The number of carbonyl (C=O) groups is 1. The van der Waals surface area contributed by atoms with E-state index >= 15 is 0 Å². The Labute approximate surface area is 240 Å². The van der Waals surface area contributed by atoms with Crippen LogP contribution in [0.15, 0.2) is 54.6 Å². The molecule has 1 aliphatic heterocycles. The topological polar surface area (TPSA) is 40.5 Å². The van der Waals surface area contributed by atoms with Crippen LogP contribution < -0.4 is 0 Å². The maximum Gasteiger partial charge on any atom is 0.335 e. The van der Waals surface area contributed by atoms with Gasteiger partial charge in [-0.15, -0.1) is 0 Å². The summed E-state index contributed by atoms with van der Waals surface area (Å²) < 4.78 is 12.7. The van der Waals surface area contributed by atoms with Gasteiger partial charge in [0.1, 0.15) is 0 Å². The Balaban J connectivity index is 1.60. The van der Waals surface area contributed by atoms with Crippen LogP contribution in [-0.2, 0) is 12.8 Å². The van der Waals surface area contributed by atoms with E-state index in [4.69, 9.17) is 23.2 Å². The SMILES string of the molecule is Cc1cc(C(=O)O)cc2c1C(c1cccc(CC3CCN(CCCF)C3)c1)=C(c1ccc(Cl)cc1Cl)CCC2. The predicted octanol–water partition coefficient (Wildman–Crippen LogP) is 8.52. The average Bonchev–Trinajstić information content (AvgIpc) is 3.25. The number of nitrogens with zero attached hydrogens (tertiary/aromatic N) is 1. The number of rotatable bonds is 8. The Bertz CT molecular complexity index is 1420. The van der Waals surface area contributed by atoms with Crippen LogP contribution in [0.4, 0.5) is 4.39 Å². The Morgan fingerprint density at radius 2 is 1.95 bits per heavy atom. The van der Waals surface area contributed by atoms with E-state index in [2.05, 4.69) is 29.2 Å². The van der Waals surface area contributed by atoms with Crippen LogP contribution in [0, 0.1) is 12.8 Å². The summed E-state index contributed by atoms with van der Waals surface area (Å²) in [6.07, 6.45) is 5.23. The minimum atomic E-state index is -0.907. The normalized spacial score (nSPS) is 17.8. The van der Waals surface area contributed by atoms with E-state index in [1.165, 1.54) is 5.56 Å². The third-order valence-electron chi connectivity index (χ3n) is 8.06. The summed E-state index contributed by atoms with van der Waals surface area (Å²) in [7, 11) is 0. The highest BCUT2D eigenvalue weighted by atomic mass is 35.5. The number of likely N-dealkylation sites (tertiary alicyclic amines) is 1. The Morgan fingerprint density at radius 1 is 1.10 bits per heavy atom. The van der Waals surface area contributed by atoms with Gasteiger partial charge in [-0.05, 0) is 127 Å². The molecule has 1 saturated heterocycles. The van der Waals surface area contributed by atoms with Crippen molar-refractivity contribution in [2.75, 3.05) is 26.3 Å². The van der Waals surface area contributed by atoms with Crippen molar-refractivity contribution in [3.8, 4) is 0 Å². The van der Waals surface area contributed by atoms with Gasteiger partial charge in [-0.2, -0.15) is 0 Å². The summed E-state index contributed by atoms with van der Waals surface area (Å²) in [6, 6.07) is 18.1. The lowest BCUT2D eigenvalue weighted by molar-refractivity contribution is 0.0696. The molecule has 1 aliphatic carbocycles. The Kier molecular flexibility index (Phi) is 8.76. The summed E-state index contributed by atoms with van der Waals surface area (Å²) in [4.78, 5) is 14.2. The van der Waals surface area contributed by atoms with Gasteiger partial charge >= 0.3 is 5.97 Å². The first-order valence-electron chi connectivity index (χ1n) is 13.8. The molecule has 0 saturated carbocycles. The fourth-order valence-corrected chi connectivity index (χ4v) is 6.87. The van der Waals surface area contributed by atoms with Gasteiger partial charge in [0.25, 0.3) is 0 Å². The van der Waals surface area contributed by atoms with Crippen LogP contribution in [0.3, 0.4) is 0 Å². The fraction of sp³-hybridized carbons (Fsp3) is 0.364. The molecule has 6 heteroatoms. The average molecular weight is 567 g/mol. The molecule has 204 valence electrons. The zero-order valence-corrected chi connectivity index (χ0v) is 23.8. The maximum absolute atomic E-state index is 12.7. The molecule has 0 bridgehead atoms. The number of hydrogen-bond acceptors (Lipinski definition) is 2. The summed E-state index contributed by atoms with van der Waals surface area (Å²) >= 11 is 13.0. The zero-order valence-electron chi connectivity index (χ0n) is 22.3. The van der Waals surface area contributed by atoms with Crippen LogP contribution in [0.25, 0.3) is 11.1 Å². The lowest BCUT2D eigenvalue weighted by Crippen LogP contribution is -2.22. The summed E-state index contributed by atoms with van der Waals surface area (Å²) in [5.74, 6) is -0.351. The number of fused-ring (bicyclic) bond motifs is 1. The highest BCUT2D eigenvalue weighted by Gasteiger charge is 2.26. The van der Waals surface area contributed by atoms with Crippen LogP contribution in [0.2, 0.25) is 10.0 Å². The van der Waals surface area contributed by atoms with E-state index in [-0.39, 0.29) is 6.67 Å². The molecule has 0 spiro atoms. The highest BCUT2D eigenvalue weighted by Crippen LogP contribution is 2.44. The number of halogens is 3. The van der Waals surface area contributed by atoms with Crippen molar-refractivity contribution in [2.45, 2.75) is 45.4 Å². The second kappa shape index (κ2) is 12.2. The number of carboxylic acid groups (broad SMARTS) is 1. The molecule has 0 amide bonds. The first kappa shape index (κ1) is 27.9. The number of aromatic carboxylic acids is 1. The van der Waals surface area contributed by atoms with Crippen molar-refractivity contribution < 1.29 is 14.3 Å². The van der Waals surface area contributed by atoms with Crippen molar-refractivity contribution in [1.29, 1.82) is 0 Å². The maximum atomic E-state index is 12.7. The third kappa shape index (κ3) is 6.24. The van der Waals surface area contributed by atoms with Gasteiger partial charge in [0, 0.05) is 23.1 Å². The largest absolute Gasteiger partial charge is 0.478 e. The summed E-state index contributed by atoms with van der Waals surface area (Å²) in [5.41, 5.74) is 9.10. The van der Waals surface area contributed by atoms with Gasteiger partial charge in [-0.1, -0.05) is 53.5 Å². The molecule has 1 heterocycles. The second-order valence-corrected chi connectivity index (χ2v) is 11.7. The van der Waals surface area contributed by atoms with E-state index in [0.717, 1.165) is 90.7 Å². The first-order valence-corrected chi connectivity index (χ1v) is 14.5. The number of carboxylic acids is 1. The van der Waals surface area contributed by atoms with Crippen LogP contribution >= 0.6 is 23.2 Å². The molecule has 1 fully saturated rings. The van der Waals surface area contributed by atoms with Gasteiger partial charge in [-0.25, -0.2) is 4.79 Å². The van der Waals surface area contributed by atoms with Crippen LogP contribution in [-0.4, -0.2) is 42.3 Å². The lowest BCUT2D eigenvalue weighted by atomic mass is 9.84. The molecule has 2 aliphatic rings. The molecule has 1 atom stereocenters. The van der Waals surface area contributed by atoms with Gasteiger partial charge in [0.15, 0.2) is 0 Å². The molecule has 0 aromatic heterocycles. The van der Waals surface area contributed by atoms with Crippen LogP contribution in [0.5, 0.6) is 0 Å². The second-order valence-electron chi connectivity index (χ2n) is 10.9. The quantitative estimate of drug-likeness (QED) is 0.297. The molecule has 5 rings (SSSR count). The number of allylic oxidation sites excluding steroid dienone is 1. The standard InChI is InChI=1S/C33H34Cl2FNO2/c1-21-15-26(33(38)39)18-25-7-3-8-29(28-10-9-27(34)19-30(28)35)32(31(21)25)24-6-2-5-22(17-24)16-23-11-14-37(20-23)13-4-12-36/h2,5-6,9-10,15,17-19,23H,3-4,7-8,11-14,16,20H2,1H3,(H,38,39). The number of benzene rings is 3. The zero-order chi connectivity index (χ0) is 27.5. The lowest BCUT2D eigenvalue weighted by Gasteiger charge is -2.21. The van der Waals surface area contributed by atoms with Gasteiger partial charge in [0.2, 0.25) is 0 Å². The monoisotopic (exact) mass is 565 g/mol. The van der Waals surface area contributed by atoms with E-state index in [9.17, 15) is 14.3 Å². The minimum absolute atomic E-state index is 0.257. The first-order chi connectivity index (χ1) is 18.8. The highest BCUT2D eigenvalue weighted by molar-refractivity contribution is 6.36. The summed E-state index contributed by atoms with van der Waals surface area (Å²) in [5, 5.41) is 10.9. The smallest absolute Gasteiger partial charge is 0.335 e. The Morgan fingerprint density at radius 3 is 2.72 bits per heavy atom. The number of hydrogen-bond donors (Lipinski definition) is 1.